The third kappa shape index (κ3) is 3.34. The molecule has 3 nitrogen and oxygen atoms in total. The second-order valence-corrected chi connectivity index (χ2v) is 5.10. The normalized spacial score (nSPS) is 15.3. The molecule has 0 spiro atoms. The van der Waals surface area contributed by atoms with E-state index in [9.17, 15) is 5.11 Å². The molecule has 0 aromatic carbocycles. The van der Waals surface area contributed by atoms with E-state index >= 15 is 0 Å². The molecule has 2 unspecified atom stereocenters. The van der Waals surface area contributed by atoms with Crippen LogP contribution in [0.1, 0.15) is 31.2 Å². The Kier molecular flexibility index (Phi) is 4.93. The van der Waals surface area contributed by atoms with Gasteiger partial charge in [-0.2, -0.15) is 0 Å². The number of aliphatic hydroxyl groups is 1. The molecule has 0 radical (unpaired) electrons. The minimum Gasteiger partial charge on any atom is -0.387 e. The van der Waals surface area contributed by atoms with Crippen LogP contribution in [0.2, 0.25) is 0 Å². The van der Waals surface area contributed by atoms with Crippen molar-refractivity contribution >= 4 is 6.08 Å². The number of hydrogen-bond donors (Lipinski definition) is 1. The molecule has 0 saturated heterocycles. The first-order chi connectivity index (χ1) is 8.34. The van der Waals surface area contributed by atoms with E-state index in [0.717, 1.165) is 16.8 Å². The second-order valence-electron chi connectivity index (χ2n) is 5.10. The highest BCUT2D eigenvalue weighted by Gasteiger charge is 2.21. The number of aliphatic hydroxyl groups excluding tert-OH is 1. The Morgan fingerprint density at radius 3 is 2.61 bits per heavy atom. The highest BCUT2D eigenvalue weighted by Crippen LogP contribution is 2.25. The Morgan fingerprint density at radius 1 is 1.50 bits per heavy atom. The van der Waals surface area contributed by atoms with Crippen LogP contribution in [0.4, 0.5) is 0 Å². The van der Waals surface area contributed by atoms with Crippen LogP contribution < -0.4 is 0 Å². The zero-order valence-electron chi connectivity index (χ0n) is 12.0. The van der Waals surface area contributed by atoms with E-state index in [2.05, 4.69) is 6.58 Å². The van der Waals surface area contributed by atoms with Gasteiger partial charge < -0.3 is 14.6 Å². The lowest BCUT2D eigenvalue weighted by molar-refractivity contribution is 0.0857. The van der Waals surface area contributed by atoms with Crippen LogP contribution in [0.3, 0.4) is 0 Å². The fourth-order valence-electron chi connectivity index (χ4n) is 1.79. The third-order valence-corrected chi connectivity index (χ3v) is 3.27. The number of hydrogen-bond acceptors (Lipinski definition) is 2. The molecule has 1 N–H and O–H groups in total. The molecule has 3 heteroatoms. The quantitative estimate of drug-likeness (QED) is 0.811. The Hall–Kier alpha value is -1.32. The van der Waals surface area contributed by atoms with E-state index < -0.39 is 6.10 Å². The van der Waals surface area contributed by atoms with Crippen LogP contribution >= 0.6 is 0 Å². The van der Waals surface area contributed by atoms with Crippen LogP contribution in [-0.4, -0.2) is 34.7 Å². The van der Waals surface area contributed by atoms with Crippen LogP contribution in [0, 0.1) is 0 Å². The summed E-state index contributed by atoms with van der Waals surface area (Å²) in [5, 5.41) is 10.4. The maximum Gasteiger partial charge on any atom is 0.0962 e. The van der Waals surface area contributed by atoms with E-state index in [-0.39, 0.29) is 6.04 Å². The summed E-state index contributed by atoms with van der Waals surface area (Å²) in [5.74, 6) is 0. The molecular formula is C15H24N2O. The molecule has 0 aliphatic heterocycles. The molecule has 1 rings (SSSR count). The highest BCUT2D eigenvalue weighted by atomic mass is 16.3. The molecule has 18 heavy (non-hydrogen) atoms. The monoisotopic (exact) mass is 248 g/mol. The summed E-state index contributed by atoms with van der Waals surface area (Å²) in [7, 11) is 5.93. The van der Waals surface area contributed by atoms with Crippen LogP contribution in [-0.2, 0) is 7.05 Å². The minimum absolute atomic E-state index is 0.0735. The van der Waals surface area contributed by atoms with Crippen molar-refractivity contribution in [3.63, 3.8) is 0 Å². The second kappa shape index (κ2) is 6.03. The predicted octanol–water partition coefficient (Wildman–Crippen LogP) is 2.60. The summed E-state index contributed by atoms with van der Waals surface area (Å²) < 4.78 is 2.01. The van der Waals surface area contributed by atoms with E-state index in [4.69, 9.17) is 0 Å². The predicted molar refractivity (Wildman–Crippen MR) is 77.4 cm³/mol. The summed E-state index contributed by atoms with van der Waals surface area (Å²) in [6.45, 7) is 7.83. The SMILES string of the molecule is C=C(C)/C=C\c1c(C(O)C(C)N(C)C)ccn1C. The zero-order valence-corrected chi connectivity index (χ0v) is 12.0. The Labute approximate surface area is 110 Å². The first-order valence-electron chi connectivity index (χ1n) is 6.18. The zero-order chi connectivity index (χ0) is 13.9. The van der Waals surface area contributed by atoms with Gasteiger partial charge >= 0.3 is 0 Å². The van der Waals surface area contributed by atoms with Gasteiger partial charge in [-0.05, 0) is 40.1 Å². The third-order valence-electron chi connectivity index (χ3n) is 3.27. The fourth-order valence-corrected chi connectivity index (χ4v) is 1.79. The van der Waals surface area contributed by atoms with E-state index in [1.165, 1.54) is 0 Å². The standard InChI is InChI=1S/C15H24N2O/c1-11(2)7-8-14-13(9-10-17(14)6)15(18)12(3)16(4)5/h7-10,12,15,18H,1H2,2-6H3/b8-7-. The maximum absolute atomic E-state index is 10.4. The number of allylic oxidation sites excluding steroid dienone is 2. The van der Waals surface area contributed by atoms with Crippen molar-refractivity contribution in [3.8, 4) is 0 Å². The number of aryl methyl sites for hydroxylation is 1. The molecule has 1 heterocycles. The Bertz CT molecular complexity index is 443. The molecule has 0 fully saturated rings. The van der Waals surface area contributed by atoms with Crippen LogP contribution in [0.15, 0.2) is 30.5 Å². The molecule has 0 saturated carbocycles. The Morgan fingerprint density at radius 2 is 2.11 bits per heavy atom. The van der Waals surface area contributed by atoms with Gasteiger partial charge in [-0.3, -0.25) is 0 Å². The molecular weight excluding hydrogens is 224 g/mol. The van der Waals surface area contributed by atoms with Crippen LogP contribution in [0.25, 0.3) is 6.08 Å². The van der Waals surface area contributed by atoms with Crippen molar-refractivity contribution in [3.05, 3.63) is 41.7 Å². The number of nitrogens with zero attached hydrogens (tertiary/aromatic N) is 2. The van der Waals surface area contributed by atoms with Gasteiger partial charge in [-0.1, -0.05) is 18.2 Å². The average molecular weight is 248 g/mol. The number of likely N-dealkylation sites (N-methyl/N-ethyl adjacent to an activating group) is 1. The fraction of sp³-hybridized carbons (Fsp3) is 0.467. The summed E-state index contributed by atoms with van der Waals surface area (Å²) in [6, 6.07) is 2.05. The van der Waals surface area contributed by atoms with Gasteiger partial charge in [0.1, 0.15) is 0 Å². The van der Waals surface area contributed by atoms with Gasteiger partial charge in [0.05, 0.1) is 6.10 Å². The van der Waals surface area contributed by atoms with Gasteiger partial charge in [0, 0.05) is 30.5 Å². The van der Waals surface area contributed by atoms with Crippen LogP contribution in [0.5, 0.6) is 0 Å². The topological polar surface area (TPSA) is 28.4 Å². The minimum atomic E-state index is -0.494. The van der Waals surface area contributed by atoms with E-state index in [1.807, 2.05) is 68.9 Å². The van der Waals surface area contributed by atoms with Gasteiger partial charge in [-0.25, -0.2) is 0 Å². The molecule has 0 bridgehead atoms. The summed E-state index contributed by atoms with van der Waals surface area (Å²) in [4.78, 5) is 2.02. The molecule has 1 aromatic heterocycles. The number of rotatable bonds is 5. The van der Waals surface area contributed by atoms with Crippen molar-refractivity contribution in [2.75, 3.05) is 14.1 Å². The molecule has 1 aromatic rings. The van der Waals surface area contributed by atoms with Gasteiger partial charge in [0.2, 0.25) is 0 Å². The van der Waals surface area contributed by atoms with E-state index in [0.29, 0.717) is 0 Å². The van der Waals surface area contributed by atoms with Crippen molar-refractivity contribution in [1.82, 2.24) is 9.47 Å². The van der Waals surface area contributed by atoms with E-state index in [1.54, 1.807) is 0 Å². The average Bonchev–Trinajstić information content (AvgIpc) is 2.65. The lowest BCUT2D eigenvalue weighted by atomic mass is 10.0. The molecule has 0 aliphatic carbocycles. The highest BCUT2D eigenvalue weighted by molar-refractivity contribution is 5.54. The van der Waals surface area contributed by atoms with Crippen molar-refractivity contribution in [1.29, 1.82) is 0 Å². The first-order valence-corrected chi connectivity index (χ1v) is 6.18. The van der Waals surface area contributed by atoms with Crippen molar-refractivity contribution in [2.45, 2.75) is 26.0 Å². The first kappa shape index (κ1) is 14.7. The van der Waals surface area contributed by atoms with Gasteiger partial charge in [0.25, 0.3) is 0 Å². The number of aromatic nitrogens is 1. The lowest BCUT2D eigenvalue weighted by Crippen LogP contribution is -2.31. The molecule has 0 amide bonds. The van der Waals surface area contributed by atoms with Gasteiger partial charge in [0.15, 0.2) is 0 Å². The summed E-state index contributed by atoms with van der Waals surface area (Å²) >= 11 is 0. The summed E-state index contributed by atoms with van der Waals surface area (Å²) in [5.41, 5.74) is 2.98. The lowest BCUT2D eigenvalue weighted by Gasteiger charge is -2.25. The maximum atomic E-state index is 10.4. The van der Waals surface area contributed by atoms with Crippen molar-refractivity contribution in [2.24, 2.45) is 7.05 Å². The van der Waals surface area contributed by atoms with Crippen molar-refractivity contribution < 1.29 is 5.11 Å². The molecule has 0 aliphatic rings. The molecule has 100 valence electrons. The summed E-state index contributed by atoms with van der Waals surface area (Å²) in [6.07, 6.45) is 5.44. The van der Waals surface area contributed by atoms with Gasteiger partial charge in [-0.15, -0.1) is 0 Å². The Balaban J connectivity index is 3.06. The molecule has 2 atom stereocenters. The largest absolute Gasteiger partial charge is 0.387 e. The smallest absolute Gasteiger partial charge is 0.0962 e.